The zero-order valence-electron chi connectivity index (χ0n) is 15.8. The standard InChI is InChI=1S/C22H21NO4/c1-13-10-11-14(2)18(12-13)20(24)16(4)27-22(25)19-15(3)26-21(23-19)17-8-6-5-7-9-17/h5-12,16H,1-4H3/t16-/m1/s1. The van der Waals surface area contributed by atoms with Crippen LogP contribution < -0.4 is 0 Å². The first kappa shape index (κ1) is 18.6. The monoisotopic (exact) mass is 363 g/mol. The molecule has 27 heavy (non-hydrogen) atoms. The van der Waals surface area contributed by atoms with Gasteiger partial charge in [-0.2, -0.15) is 0 Å². The van der Waals surface area contributed by atoms with Gasteiger partial charge in [-0.05, 0) is 51.5 Å². The third-order valence-corrected chi connectivity index (χ3v) is 4.32. The van der Waals surface area contributed by atoms with Crippen LogP contribution in [0, 0.1) is 20.8 Å². The van der Waals surface area contributed by atoms with Crippen LogP contribution in [-0.4, -0.2) is 22.8 Å². The number of carbonyl (C=O) groups excluding carboxylic acids is 2. The van der Waals surface area contributed by atoms with Crippen molar-refractivity contribution in [2.24, 2.45) is 0 Å². The van der Waals surface area contributed by atoms with Crippen LogP contribution in [-0.2, 0) is 4.74 Å². The van der Waals surface area contributed by atoms with Gasteiger partial charge in [-0.15, -0.1) is 0 Å². The van der Waals surface area contributed by atoms with Crippen molar-refractivity contribution >= 4 is 11.8 Å². The molecule has 0 spiro atoms. The number of oxazole rings is 1. The first-order valence-electron chi connectivity index (χ1n) is 8.72. The summed E-state index contributed by atoms with van der Waals surface area (Å²) in [4.78, 5) is 29.4. The molecule has 0 N–H and O–H groups in total. The van der Waals surface area contributed by atoms with E-state index in [1.807, 2.05) is 56.3 Å². The van der Waals surface area contributed by atoms with Gasteiger partial charge in [0, 0.05) is 11.1 Å². The molecule has 0 unspecified atom stereocenters. The first-order chi connectivity index (χ1) is 12.9. The number of ether oxygens (including phenoxy) is 1. The van der Waals surface area contributed by atoms with E-state index in [1.54, 1.807) is 19.9 Å². The minimum absolute atomic E-state index is 0.0782. The van der Waals surface area contributed by atoms with Crippen LogP contribution in [0.4, 0.5) is 0 Å². The fraction of sp³-hybridized carbons (Fsp3) is 0.227. The smallest absolute Gasteiger partial charge is 0.361 e. The minimum Gasteiger partial charge on any atom is -0.449 e. The second kappa shape index (κ2) is 7.58. The molecule has 1 atom stereocenters. The molecule has 0 aliphatic heterocycles. The van der Waals surface area contributed by atoms with E-state index in [4.69, 9.17) is 9.15 Å². The van der Waals surface area contributed by atoms with E-state index in [2.05, 4.69) is 4.98 Å². The fourth-order valence-corrected chi connectivity index (χ4v) is 2.78. The molecule has 5 nitrogen and oxygen atoms in total. The Morgan fingerprint density at radius 1 is 1.04 bits per heavy atom. The topological polar surface area (TPSA) is 69.4 Å². The average Bonchev–Trinajstić information content (AvgIpc) is 3.05. The van der Waals surface area contributed by atoms with Crippen LogP contribution in [0.15, 0.2) is 52.9 Å². The lowest BCUT2D eigenvalue weighted by atomic mass is 9.99. The van der Waals surface area contributed by atoms with Crippen LogP contribution in [0.3, 0.4) is 0 Å². The molecule has 1 heterocycles. The van der Waals surface area contributed by atoms with Crippen LogP contribution in [0.2, 0.25) is 0 Å². The minimum atomic E-state index is -0.922. The van der Waals surface area contributed by atoms with E-state index in [1.165, 1.54) is 0 Å². The molecule has 0 aliphatic carbocycles. The zero-order valence-corrected chi connectivity index (χ0v) is 15.8. The van der Waals surface area contributed by atoms with Gasteiger partial charge in [0.25, 0.3) is 0 Å². The van der Waals surface area contributed by atoms with Gasteiger partial charge < -0.3 is 9.15 Å². The summed E-state index contributed by atoms with van der Waals surface area (Å²) in [6.45, 7) is 6.98. The van der Waals surface area contributed by atoms with E-state index in [-0.39, 0.29) is 11.5 Å². The Kier molecular flexibility index (Phi) is 5.21. The Hall–Kier alpha value is -3.21. The van der Waals surface area contributed by atoms with Gasteiger partial charge in [-0.3, -0.25) is 4.79 Å². The van der Waals surface area contributed by atoms with Crippen molar-refractivity contribution < 1.29 is 18.7 Å². The van der Waals surface area contributed by atoms with Crippen molar-refractivity contribution in [2.75, 3.05) is 0 Å². The highest BCUT2D eigenvalue weighted by Gasteiger charge is 2.25. The van der Waals surface area contributed by atoms with Crippen LogP contribution in [0.25, 0.3) is 11.5 Å². The van der Waals surface area contributed by atoms with Crippen LogP contribution in [0.1, 0.15) is 44.7 Å². The highest BCUT2D eigenvalue weighted by atomic mass is 16.5. The highest BCUT2D eigenvalue weighted by molar-refractivity contribution is 6.02. The molecule has 138 valence electrons. The molecule has 0 saturated carbocycles. The molecule has 0 saturated heterocycles. The van der Waals surface area contributed by atoms with Gasteiger partial charge in [0.05, 0.1) is 0 Å². The Labute approximate surface area is 158 Å². The van der Waals surface area contributed by atoms with Crippen molar-refractivity contribution in [3.63, 3.8) is 0 Å². The number of Topliss-reactive ketones (excluding diaryl/α,β-unsaturated/α-hetero) is 1. The van der Waals surface area contributed by atoms with Crippen molar-refractivity contribution in [1.29, 1.82) is 0 Å². The molecular formula is C22H21NO4. The van der Waals surface area contributed by atoms with Crippen molar-refractivity contribution in [2.45, 2.75) is 33.8 Å². The molecule has 0 fully saturated rings. The SMILES string of the molecule is Cc1ccc(C)c(C(=O)[C@@H](C)OC(=O)c2nc(-c3ccccc3)oc2C)c1. The molecular weight excluding hydrogens is 342 g/mol. The number of esters is 1. The number of carbonyl (C=O) groups is 2. The summed E-state index contributed by atoms with van der Waals surface area (Å²) in [5.74, 6) is -0.225. The molecule has 5 heteroatoms. The number of rotatable bonds is 5. The van der Waals surface area contributed by atoms with Gasteiger partial charge in [0.1, 0.15) is 5.76 Å². The Morgan fingerprint density at radius 3 is 2.44 bits per heavy atom. The summed E-state index contributed by atoms with van der Waals surface area (Å²) >= 11 is 0. The number of nitrogens with zero attached hydrogens (tertiary/aromatic N) is 1. The maximum atomic E-state index is 12.7. The predicted molar refractivity (Wildman–Crippen MR) is 102 cm³/mol. The molecule has 0 bridgehead atoms. The van der Waals surface area contributed by atoms with Crippen molar-refractivity contribution in [1.82, 2.24) is 4.98 Å². The van der Waals surface area contributed by atoms with Crippen molar-refractivity contribution in [3.8, 4) is 11.5 Å². The lowest BCUT2D eigenvalue weighted by Gasteiger charge is -2.13. The molecule has 0 amide bonds. The Morgan fingerprint density at radius 2 is 1.74 bits per heavy atom. The second-order valence-electron chi connectivity index (χ2n) is 6.52. The largest absolute Gasteiger partial charge is 0.449 e. The van der Waals surface area contributed by atoms with Gasteiger partial charge in [0.15, 0.2) is 11.8 Å². The van der Waals surface area contributed by atoms with E-state index in [0.717, 1.165) is 16.7 Å². The summed E-state index contributed by atoms with van der Waals surface area (Å²) in [5, 5.41) is 0. The van der Waals surface area contributed by atoms with Gasteiger partial charge in [-0.1, -0.05) is 35.9 Å². The fourth-order valence-electron chi connectivity index (χ4n) is 2.78. The number of ketones is 1. The molecule has 3 rings (SSSR count). The van der Waals surface area contributed by atoms with E-state index in [0.29, 0.717) is 17.2 Å². The summed E-state index contributed by atoms with van der Waals surface area (Å²) in [5.41, 5.74) is 3.21. The number of hydrogen-bond acceptors (Lipinski definition) is 5. The lowest BCUT2D eigenvalue weighted by molar-refractivity contribution is 0.0311. The maximum Gasteiger partial charge on any atom is 0.361 e. The van der Waals surface area contributed by atoms with Gasteiger partial charge in [0.2, 0.25) is 11.7 Å². The molecule has 0 radical (unpaired) electrons. The maximum absolute atomic E-state index is 12.7. The van der Waals surface area contributed by atoms with E-state index >= 15 is 0 Å². The highest BCUT2D eigenvalue weighted by Crippen LogP contribution is 2.22. The van der Waals surface area contributed by atoms with Crippen LogP contribution in [0.5, 0.6) is 0 Å². The third kappa shape index (κ3) is 3.97. The van der Waals surface area contributed by atoms with Crippen molar-refractivity contribution in [3.05, 3.63) is 76.7 Å². The molecule has 0 aliphatic rings. The first-order valence-corrected chi connectivity index (χ1v) is 8.72. The zero-order chi connectivity index (χ0) is 19.6. The number of aryl methyl sites for hydroxylation is 3. The Balaban J connectivity index is 1.78. The number of benzene rings is 2. The van der Waals surface area contributed by atoms with E-state index in [9.17, 15) is 9.59 Å². The second-order valence-corrected chi connectivity index (χ2v) is 6.52. The average molecular weight is 363 g/mol. The summed E-state index contributed by atoms with van der Waals surface area (Å²) in [6.07, 6.45) is -0.922. The van der Waals surface area contributed by atoms with Gasteiger partial charge in [-0.25, -0.2) is 9.78 Å². The van der Waals surface area contributed by atoms with Gasteiger partial charge >= 0.3 is 5.97 Å². The summed E-state index contributed by atoms with van der Waals surface area (Å²) < 4.78 is 11.0. The predicted octanol–water partition coefficient (Wildman–Crippen LogP) is 4.70. The number of hydrogen-bond donors (Lipinski definition) is 0. The molecule has 2 aromatic carbocycles. The summed E-state index contributed by atoms with van der Waals surface area (Å²) in [7, 11) is 0. The van der Waals surface area contributed by atoms with Crippen LogP contribution >= 0.6 is 0 Å². The summed E-state index contributed by atoms with van der Waals surface area (Å²) in [6, 6.07) is 14.9. The van der Waals surface area contributed by atoms with E-state index < -0.39 is 12.1 Å². The Bertz CT molecular complexity index is 989. The third-order valence-electron chi connectivity index (χ3n) is 4.32. The normalized spacial score (nSPS) is 11.9. The lowest BCUT2D eigenvalue weighted by Crippen LogP contribution is -2.25. The number of aromatic nitrogens is 1. The molecule has 3 aromatic rings. The quantitative estimate of drug-likeness (QED) is 0.486. The molecule has 1 aromatic heterocycles.